The van der Waals surface area contributed by atoms with E-state index in [-0.39, 0.29) is 12.5 Å². The van der Waals surface area contributed by atoms with Gasteiger partial charge in [0.1, 0.15) is 23.4 Å². The quantitative estimate of drug-likeness (QED) is 0.287. The maximum Gasteiger partial charge on any atom is 0.307 e. The van der Waals surface area contributed by atoms with Crippen molar-refractivity contribution < 1.29 is 29.2 Å². The normalized spacial score (nSPS) is 14.8. The van der Waals surface area contributed by atoms with E-state index >= 15 is 0 Å². The van der Waals surface area contributed by atoms with Crippen LogP contribution in [-0.4, -0.2) is 52.6 Å². The molecular formula is C30H32N2O6. The van der Waals surface area contributed by atoms with E-state index in [9.17, 15) is 9.90 Å². The number of methoxy groups -OCH3 is 2. The number of aromatic amines is 1. The number of benzene rings is 3. The summed E-state index contributed by atoms with van der Waals surface area (Å²) >= 11 is 0. The zero-order valence-electron chi connectivity index (χ0n) is 21.7. The second kappa shape index (κ2) is 10.8. The molecule has 0 bridgehead atoms. The molecule has 1 heterocycles. The van der Waals surface area contributed by atoms with Crippen LogP contribution in [0.1, 0.15) is 39.7 Å². The number of H-pyrrole nitrogens is 1. The largest absolute Gasteiger partial charge is 0.496 e. The summed E-state index contributed by atoms with van der Waals surface area (Å²) in [5.74, 6) is 1.01. The molecule has 0 spiro atoms. The van der Waals surface area contributed by atoms with Gasteiger partial charge in [-0.1, -0.05) is 30.3 Å². The van der Waals surface area contributed by atoms with Crippen LogP contribution in [0.3, 0.4) is 0 Å². The Morgan fingerprint density at radius 2 is 1.71 bits per heavy atom. The molecule has 0 saturated heterocycles. The second-order valence-corrected chi connectivity index (χ2v) is 9.78. The standard InChI is InChI=1S/C30H32N2O6/c1-17-25(36-2)14-21(15-26(17)37-3)30(35)27(38-22-12-19-6-4-5-7-20(19)13-22)16-28-31-23-9-8-18(11-29(33)34)10-24(23)32-28/h4-10,14-15,22,27,30,35H,11-13,16H2,1-3H3,(H,31,32)(H,33,34). The molecule has 2 atom stereocenters. The van der Waals surface area contributed by atoms with Gasteiger partial charge in [0.2, 0.25) is 0 Å². The summed E-state index contributed by atoms with van der Waals surface area (Å²) < 4.78 is 17.7. The number of nitrogens with one attached hydrogen (secondary N) is 1. The third-order valence-corrected chi connectivity index (χ3v) is 7.20. The van der Waals surface area contributed by atoms with Gasteiger partial charge in [-0.2, -0.15) is 0 Å². The first-order valence-electron chi connectivity index (χ1n) is 12.7. The average molecular weight is 517 g/mol. The van der Waals surface area contributed by atoms with E-state index < -0.39 is 18.2 Å². The molecule has 0 fully saturated rings. The molecule has 1 aromatic heterocycles. The van der Waals surface area contributed by atoms with Crippen molar-refractivity contribution in [3.8, 4) is 11.5 Å². The van der Waals surface area contributed by atoms with Crippen LogP contribution in [0.15, 0.2) is 54.6 Å². The van der Waals surface area contributed by atoms with Crippen molar-refractivity contribution >= 4 is 17.0 Å². The Bertz CT molecular complexity index is 1410. The van der Waals surface area contributed by atoms with E-state index in [0.717, 1.165) is 23.9 Å². The maximum absolute atomic E-state index is 11.6. The zero-order valence-corrected chi connectivity index (χ0v) is 21.7. The van der Waals surface area contributed by atoms with Crippen molar-refractivity contribution in [3.05, 3.63) is 88.2 Å². The summed E-state index contributed by atoms with van der Waals surface area (Å²) in [6.07, 6.45) is 0.158. The number of aliphatic hydroxyl groups excluding tert-OH is 1. The smallest absolute Gasteiger partial charge is 0.307 e. The summed E-state index contributed by atoms with van der Waals surface area (Å²) in [7, 11) is 3.18. The van der Waals surface area contributed by atoms with Crippen LogP contribution in [0.2, 0.25) is 0 Å². The molecule has 8 heteroatoms. The van der Waals surface area contributed by atoms with Gasteiger partial charge in [-0.3, -0.25) is 4.79 Å². The third kappa shape index (κ3) is 5.37. The fraction of sp³-hybridized carbons (Fsp3) is 0.333. The predicted molar refractivity (Wildman–Crippen MR) is 143 cm³/mol. The molecular weight excluding hydrogens is 484 g/mol. The predicted octanol–water partition coefficient (Wildman–Crippen LogP) is 4.34. The topological polar surface area (TPSA) is 114 Å². The van der Waals surface area contributed by atoms with Gasteiger partial charge in [-0.05, 0) is 66.3 Å². The van der Waals surface area contributed by atoms with Crippen molar-refractivity contribution in [2.75, 3.05) is 14.2 Å². The number of carboxylic acid groups (broad SMARTS) is 1. The number of nitrogens with zero attached hydrogens (tertiary/aromatic N) is 1. The van der Waals surface area contributed by atoms with Crippen molar-refractivity contribution in [1.29, 1.82) is 0 Å². The van der Waals surface area contributed by atoms with Gasteiger partial charge in [-0.25, -0.2) is 4.98 Å². The first kappa shape index (κ1) is 25.8. The molecule has 1 aliphatic carbocycles. The molecule has 3 aromatic carbocycles. The first-order chi connectivity index (χ1) is 18.3. The molecule has 0 saturated carbocycles. The van der Waals surface area contributed by atoms with E-state index in [1.807, 2.05) is 37.3 Å². The van der Waals surface area contributed by atoms with Crippen LogP contribution in [0.25, 0.3) is 11.0 Å². The summed E-state index contributed by atoms with van der Waals surface area (Å²) in [5.41, 5.74) is 6.17. The fourth-order valence-electron chi connectivity index (χ4n) is 5.26. The summed E-state index contributed by atoms with van der Waals surface area (Å²) in [4.78, 5) is 19.1. The SMILES string of the molecule is COc1cc(C(O)C(Cc2nc3cc(CC(=O)O)ccc3[nH]2)OC2Cc3ccccc3C2)cc(OC)c1C. The van der Waals surface area contributed by atoms with Crippen molar-refractivity contribution in [2.45, 2.75) is 50.9 Å². The highest BCUT2D eigenvalue weighted by molar-refractivity contribution is 5.78. The van der Waals surface area contributed by atoms with Crippen molar-refractivity contribution in [1.82, 2.24) is 9.97 Å². The lowest BCUT2D eigenvalue weighted by Gasteiger charge is -2.27. The molecule has 0 aliphatic heterocycles. The monoisotopic (exact) mass is 516 g/mol. The van der Waals surface area contributed by atoms with E-state index in [1.54, 1.807) is 26.4 Å². The summed E-state index contributed by atoms with van der Waals surface area (Å²) in [5, 5.41) is 20.8. The molecule has 5 rings (SSSR count). The van der Waals surface area contributed by atoms with Crippen LogP contribution >= 0.6 is 0 Å². The highest BCUT2D eigenvalue weighted by Crippen LogP contribution is 2.35. The number of ether oxygens (including phenoxy) is 3. The molecule has 2 unspecified atom stereocenters. The van der Waals surface area contributed by atoms with Gasteiger partial charge in [-0.15, -0.1) is 0 Å². The van der Waals surface area contributed by atoms with Gasteiger partial charge in [0.15, 0.2) is 0 Å². The molecule has 38 heavy (non-hydrogen) atoms. The second-order valence-electron chi connectivity index (χ2n) is 9.78. The van der Waals surface area contributed by atoms with Gasteiger partial charge in [0.25, 0.3) is 0 Å². The zero-order chi connectivity index (χ0) is 26.8. The number of aliphatic carboxylic acids is 1. The third-order valence-electron chi connectivity index (χ3n) is 7.20. The van der Waals surface area contributed by atoms with Crippen molar-refractivity contribution in [2.24, 2.45) is 0 Å². The lowest BCUT2D eigenvalue weighted by Crippen LogP contribution is -2.31. The van der Waals surface area contributed by atoms with Gasteiger partial charge >= 0.3 is 5.97 Å². The number of rotatable bonds is 10. The number of carbonyl (C=O) groups is 1. The Labute approximate surface area is 221 Å². The van der Waals surface area contributed by atoms with E-state index in [1.165, 1.54) is 11.1 Å². The van der Waals surface area contributed by atoms with E-state index in [4.69, 9.17) is 24.3 Å². The highest BCUT2D eigenvalue weighted by atomic mass is 16.5. The number of hydrogen-bond donors (Lipinski definition) is 3. The number of imidazole rings is 1. The van der Waals surface area contributed by atoms with Gasteiger partial charge in [0.05, 0.1) is 43.9 Å². The molecule has 0 amide bonds. The Balaban J connectivity index is 1.45. The minimum atomic E-state index is -0.974. The van der Waals surface area contributed by atoms with Crippen molar-refractivity contribution in [3.63, 3.8) is 0 Å². The average Bonchev–Trinajstić information content (AvgIpc) is 3.50. The van der Waals surface area contributed by atoms with Gasteiger partial charge < -0.3 is 29.4 Å². The van der Waals surface area contributed by atoms with Gasteiger partial charge in [0, 0.05) is 12.0 Å². The minimum absolute atomic E-state index is 0.0675. The molecule has 4 aromatic rings. The highest BCUT2D eigenvalue weighted by Gasteiger charge is 2.31. The van der Waals surface area contributed by atoms with E-state index in [0.29, 0.717) is 40.4 Å². The Morgan fingerprint density at radius 1 is 1.05 bits per heavy atom. The number of carboxylic acids is 1. The van der Waals surface area contributed by atoms with Crippen LogP contribution in [0.4, 0.5) is 0 Å². The molecule has 198 valence electrons. The maximum atomic E-state index is 11.6. The van der Waals surface area contributed by atoms with Crippen LogP contribution in [0, 0.1) is 6.92 Å². The first-order valence-corrected chi connectivity index (χ1v) is 12.7. The number of hydrogen-bond acceptors (Lipinski definition) is 6. The summed E-state index contributed by atoms with van der Waals surface area (Å²) in [6, 6.07) is 17.3. The Kier molecular flexibility index (Phi) is 7.35. The Morgan fingerprint density at radius 3 is 2.32 bits per heavy atom. The van der Waals surface area contributed by atoms with Crippen LogP contribution in [-0.2, 0) is 35.2 Å². The Hall–Kier alpha value is -3.88. The van der Waals surface area contributed by atoms with Crippen LogP contribution in [0.5, 0.6) is 11.5 Å². The van der Waals surface area contributed by atoms with E-state index in [2.05, 4.69) is 17.1 Å². The van der Waals surface area contributed by atoms with Crippen LogP contribution < -0.4 is 9.47 Å². The lowest BCUT2D eigenvalue weighted by molar-refractivity contribution is -0.136. The molecule has 8 nitrogen and oxygen atoms in total. The fourth-order valence-corrected chi connectivity index (χ4v) is 5.26. The number of aliphatic hydroxyl groups is 1. The molecule has 3 N–H and O–H groups in total. The summed E-state index contributed by atoms with van der Waals surface area (Å²) in [6.45, 7) is 1.91. The molecule has 1 aliphatic rings. The number of fused-ring (bicyclic) bond motifs is 2. The molecule has 0 radical (unpaired) electrons. The minimum Gasteiger partial charge on any atom is -0.496 e. The number of aromatic nitrogens is 2. The lowest BCUT2D eigenvalue weighted by atomic mass is 9.99.